The molecule has 1 heterocycles. The maximum atomic E-state index is 13.0. The molecule has 0 spiro atoms. The van der Waals surface area contributed by atoms with Crippen molar-refractivity contribution in [3.8, 4) is 0 Å². The first-order valence-corrected chi connectivity index (χ1v) is 3.91. The number of rotatable bonds is 1. The summed E-state index contributed by atoms with van der Waals surface area (Å²) in [6.07, 6.45) is 0.181. The largest absolute Gasteiger partial charge is 0.334 e. The standard InChI is InChI=1S/C8H13FN2O/c1-3-8(12)11-5-4-10(2)7(9)6-11/h3,7H,1,4-6H2,2H3. The van der Waals surface area contributed by atoms with Gasteiger partial charge >= 0.3 is 0 Å². The SMILES string of the molecule is C=CC(=O)N1CCN(C)C(F)C1. The Morgan fingerprint density at radius 3 is 2.83 bits per heavy atom. The summed E-state index contributed by atoms with van der Waals surface area (Å²) in [7, 11) is 1.71. The second-order valence-electron chi connectivity index (χ2n) is 2.90. The summed E-state index contributed by atoms with van der Waals surface area (Å²) in [4.78, 5) is 14.1. The summed E-state index contributed by atoms with van der Waals surface area (Å²) in [5.74, 6) is -0.189. The molecule has 3 nitrogen and oxygen atoms in total. The van der Waals surface area contributed by atoms with Crippen molar-refractivity contribution in [1.82, 2.24) is 9.80 Å². The van der Waals surface area contributed by atoms with Crippen molar-refractivity contribution in [3.63, 3.8) is 0 Å². The van der Waals surface area contributed by atoms with E-state index in [9.17, 15) is 9.18 Å². The average Bonchev–Trinajstić information content (AvgIpc) is 2.08. The predicted octanol–water partition coefficient (Wildman–Crippen LogP) is 0.242. The quantitative estimate of drug-likeness (QED) is 0.418. The van der Waals surface area contributed by atoms with Crippen LogP contribution in [0.15, 0.2) is 12.7 Å². The first-order chi connectivity index (χ1) is 5.65. The molecule has 0 bridgehead atoms. The molecule has 1 aliphatic rings. The number of halogens is 1. The number of carbonyl (C=O) groups excluding carboxylic acids is 1. The molecule has 12 heavy (non-hydrogen) atoms. The average molecular weight is 172 g/mol. The van der Waals surface area contributed by atoms with Gasteiger partial charge in [0.1, 0.15) is 0 Å². The zero-order valence-corrected chi connectivity index (χ0v) is 7.16. The number of alkyl halides is 1. The van der Waals surface area contributed by atoms with E-state index in [2.05, 4.69) is 6.58 Å². The highest BCUT2D eigenvalue weighted by molar-refractivity contribution is 5.87. The van der Waals surface area contributed by atoms with E-state index in [4.69, 9.17) is 0 Å². The summed E-state index contributed by atoms with van der Waals surface area (Å²) in [6, 6.07) is 0. The van der Waals surface area contributed by atoms with Crippen LogP contribution < -0.4 is 0 Å². The highest BCUT2D eigenvalue weighted by Crippen LogP contribution is 2.08. The molecule has 1 aliphatic heterocycles. The first kappa shape index (κ1) is 9.19. The first-order valence-electron chi connectivity index (χ1n) is 3.91. The van der Waals surface area contributed by atoms with Crippen LogP contribution in [0.25, 0.3) is 0 Å². The van der Waals surface area contributed by atoms with E-state index < -0.39 is 6.30 Å². The van der Waals surface area contributed by atoms with E-state index in [0.29, 0.717) is 13.1 Å². The minimum absolute atomic E-state index is 0.154. The number of nitrogens with zero attached hydrogens (tertiary/aromatic N) is 2. The molecule has 68 valence electrons. The maximum absolute atomic E-state index is 13.0. The summed E-state index contributed by atoms with van der Waals surface area (Å²) in [5, 5.41) is 0. The summed E-state index contributed by atoms with van der Waals surface area (Å²) >= 11 is 0. The lowest BCUT2D eigenvalue weighted by Crippen LogP contribution is -2.51. The monoisotopic (exact) mass is 172 g/mol. The molecule has 1 saturated heterocycles. The fourth-order valence-corrected chi connectivity index (χ4v) is 1.16. The summed E-state index contributed by atoms with van der Waals surface area (Å²) in [6.45, 7) is 4.68. The van der Waals surface area contributed by atoms with Gasteiger partial charge in [-0.2, -0.15) is 0 Å². The van der Waals surface area contributed by atoms with Crippen LogP contribution in [0.5, 0.6) is 0 Å². The molecular weight excluding hydrogens is 159 g/mol. The van der Waals surface area contributed by atoms with Crippen molar-refractivity contribution in [2.24, 2.45) is 0 Å². The van der Waals surface area contributed by atoms with Crippen LogP contribution in [-0.4, -0.2) is 48.7 Å². The summed E-state index contributed by atoms with van der Waals surface area (Å²) < 4.78 is 13.0. The Balaban J connectivity index is 2.50. The zero-order valence-electron chi connectivity index (χ0n) is 7.16. The van der Waals surface area contributed by atoms with Crippen LogP contribution in [0.4, 0.5) is 4.39 Å². The van der Waals surface area contributed by atoms with Crippen LogP contribution in [0.3, 0.4) is 0 Å². The van der Waals surface area contributed by atoms with Gasteiger partial charge in [-0.3, -0.25) is 9.69 Å². The minimum Gasteiger partial charge on any atom is -0.334 e. The third kappa shape index (κ3) is 1.82. The van der Waals surface area contributed by atoms with Crippen molar-refractivity contribution in [1.29, 1.82) is 0 Å². The molecule has 1 unspecified atom stereocenters. The van der Waals surface area contributed by atoms with Crippen LogP contribution in [-0.2, 0) is 4.79 Å². The van der Waals surface area contributed by atoms with E-state index in [1.54, 1.807) is 11.9 Å². The topological polar surface area (TPSA) is 23.6 Å². The van der Waals surface area contributed by atoms with E-state index >= 15 is 0 Å². The summed E-state index contributed by atoms with van der Waals surface area (Å²) in [5.41, 5.74) is 0. The van der Waals surface area contributed by atoms with E-state index in [1.165, 1.54) is 11.0 Å². The molecule has 1 rings (SSSR count). The second-order valence-corrected chi connectivity index (χ2v) is 2.90. The molecule has 4 heteroatoms. The van der Waals surface area contributed by atoms with Gasteiger partial charge < -0.3 is 4.90 Å². The van der Waals surface area contributed by atoms with Gasteiger partial charge in [0, 0.05) is 13.1 Å². The maximum Gasteiger partial charge on any atom is 0.246 e. The minimum atomic E-state index is -1.04. The van der Waals surface area contributed by atoms with Gasteiger partial charge in [-0.25, -0.2) is 4.39 Å². The Morgan fingerprint density at radius 2 is 2.33 bits per heavy atom. The lowest BCUT2D eigenvalue weighted by atomic mass is 10.3. The van der Waals surface area contributed by atoms with Gasteiger partial charge in [0.25, 0.3) is 0 Å². The fraction of sp³-hybridized carbons (Fsp3) is 0.625. The molecule has 1 atom stereocenters. The Kier molecular flexibility index (Phi) is 2.81. The molecular formula is C8H13FN2O. The smallest absolute Gasteiger partial charge is 0.246 e. The number of hydrogen-bond donors (Lipinski definition) is 0. The Bertz CT molecular complexity index is 195. The molecule has 0 saturated carbocycles. The Labute approximate surface area is 71.4 Å². The number of hydrogen-bond acceptors (Lipinski definition) is 2. The molecule has 0 aromatic heterocycles. The highest BCUT2D eigenvalue weighted by Gasteiger charge is 2.25. The van der Waals surface area contributed by atoms with Crippen molar-refractivity contribution in [2.75, 3.05) is 26.7 Å². The molecule has 0 radical (unpaired) electrons. The van der Waals surface area contributed by atoms with Crippen molar-refractivity contribution >= 4 is 5.91 Å². The number of likely N-dealkylation sites (N-methyl/N-ethyl adjacent to an activating group) is 1. The van der Waals surface area contributed by atoms with Gasteiger partial charge in [-0.1, -0.05) is 6.58 Å². The molecule has 0 N–H and O–H groups in total. The highest BCUT2D eigenvalue weighted by atomic mass is 19.1. The van der Waals surface area contributed by atoms with Gasteiger partial charge in [-0.15, -0.1) is 0 Å². The Hall–Kier alpha value is -0.900. The van der Waals surface area contributed by atoms with E-state index in [0.717, 1.165) is 0 Å². The number of amides is 1. The third-order valence-corrected chi connectivity index (χ3v) is 2.06. The number of carbonyl (C=O) groups is 1. The molecule has 1 fully saturated rings. The van der Waals surface area contributed by atoms with Crippen LogP contribution in [0.2, 0.25) is 0 Å². The van der Waals surface area contributed by atoms with Gasteiger partial charge in [0.2, 0.25) is 5.91 Å². The molecule has 0 aliphatic carbocycles. The van der Waals surface area contributed by atoms with Crippen molar-refractivity contribution in [3.05, 3.63) is 12.7 Å². The number of piperazine rings is 1. The molecule has 1 amide bonds. The van der Waals surface area contributed by atoms with Crippen molar-refractivity contribution in [2.45, 2.75) is 6.30 Å². The van der Waals surface area contributed by atoms with Crippen LogP contribution in [0, 0.1) is 0 Å². The lowest BCUT2D eigenvalue weighted by Gasteiger charge is -2.34. The zero-order chi connectivity index (χ0) is 9.14. The second kappa shape index (κ2) is 3.67. The van der Waals surface area contributed by atoms with Gasteiger partial charge in [-0.05, 0) is 13.1 Å². The third-order valence-electron chi connectivity index (χ3n) is 2.06. The van der Waals surface area contributed by atoms with Gasteiger partial charge in [0.15, 0.2) is 6.30 Å². The predicted molar refractivity (Wildman–Crippen MR) is 44.3 cm³/mol. The lowest BCUT2D eigenvalue weighted by molar-refractivity contribution is -0.130. The normalized spacial score (nSPS) is 25.5. The van der Waals surface area contributed by atoms with E-state index in [1.807, 2.05) is 0 Å². The van der Waals surface area contributed by atoms with Gasteiger partial charge in [0.05, 0.1) is 6.54 Å². The molecule has 0 aromatic carbocycles. The fourth-order valence-electron chi connectivity index (χ4n) is 1.16. The molecule has 0 aromatic rings. The Morgan fingerprint density at radius 1 is 1.67 bits per heavy atom. The van der Waals surface area contributed by atoms with E-state index in [-0.39, 0.29) is 12.5 Å². The van der Waals surface area contributed by atoms with Crippen molar-refractivity contribution < 1.29 is 9.18 Å². The van der Waals surface area contributed by atoms with Crippen LogP contribution in [0.1, 0.15) is 0 Å². The van der Waals surface area contributed by atoms with Crippen LogP contribution >= 0.6 is 0 Å².